The third-order valence-corrected chi connectivity index (χ3v) is 6.08. The van der Waals surface area contributed by atoms with Gasteiger partial charge in [0.2, 0.25) is 5.43 Å². The third-order valence-electron chi connectivity index (χ3n) is 6.08. The smallest absolute Gasteiger partial charge is 0.344 e. The van der Waals surface area contributed by atoms with Crippen LogP contribution in [0.25, 0.3) is 16.7 Å². The molecule has 0 saturated heterocycles. The maximum Gasteiger partial charge on any atom is 0.344 e. The van der Waals surface area contributed by atoms with Gasteiger partial charge in [-0.25, -0.2) is 14.5 Å². The normalized spacial score (nSPS) is 11.9. The largest absolute Gasteiger partial charge is 0.449 e. The van der Waals surface area contributed by atoms with E-state index in [0.29, 0.717) is 23.6 Å². The lowest BCUT2D eigenvalue weighted by atomic mass is 10.2. The quantitative estimate of drug-likeness (QED) is 0.416. The molecule has 0 aliphatic carbocycles. The highest BCUT2D eigenvalue weighted by molar-refractivity contribution is 5.98. The third kappa shape index (κ3) is 4.33. The first-order chi connectivity index (χ1) is 17.1. The zero-order chi connectivity index (χ0) is 26.1. The molecule has 10 nitrogen and oxygen atoms in total. The molecule has 4 aromatic rings. The predicted octanol–water partition coefficient (Wildman–Crippen LogP) is 2.71. The Balaban J connectivity index is 1.58. The summed E-state index contributed by atoms with van der Waals surface area (Å²) < 4.78 is 10.1. The highest BCUT2D eigenvalue weighted by Crippen LogP contribution is 2.16. The first kappa shape index (κ1) is 24.6. The Hall–Kier alpha value is -4.47. The molecule has 0 radical (unpaired) electrons. The van der Waals surface area contributed by atoms with Gasteiger partial charge >= 0.3 is 5.97 Å². The molecule has 0 unspecified atom stereocenters. The fraction of sp³-hybridized carbons (Fsp3) is 0.269. The molecule has 10 heteroatoms. The number of fused-ring (bicyclic) bond motifs is 1. The van der Waals surface area contributed by atoms with E-state index in [9.17, 15) is 19.2 Å². The molecule has 36 heavy (non-hydrogen) atoms. The number of benzene rings is 1. The van der Waals surface area contributed by atoms with Gasteiger partial charge in [0.1, 0.15) is 16.9 Å². The number of amides is 1. The number of aromatic nitrogens is 4. The topological polar surface area (TPSA) is 117 Å². The van der Waals surface area contributed by atoms with Crippen LogP contribution in [-0.2, 0) is 23.1 Å². The van der Waals surface area contributed by atoms with Crippen LogP contribution >= 0.6 is 0 Å². The summed E-state index contributed by atoms with van der Waals surface area (Å²) in [5.74, 6) is -1.62. The van der Waals surface area contributed by atoms with E-state index in [1.807, 2.05) is 19.9 Å². The molecule has 1 atom stereocenters. The number of hydrogen-bond donors (Lipinski definition) is 1. The Morgan fingerprint density at radius 2 is 1.78 bits per heavy atom. The first-order valence-electron chi connectivity index (χ1n) is 11.5. The number of rotatable bonds is 6. The number of anilines is 1. The van der Waals surface area contributed by atoms with Gasteiger partial charge in [-0.1, -0.05) is 18.2 Å². The standard InChI is InChI=1S/C26H27N5O5/c1-6-30-14-20(22(32)19-13-12-15(2)27-23(19)30)26(35)36-17(4)24(33)28-21-16(3)29(5)31(25(21)34)18-10-8-7-9-11-18/h7-14,17H,6H2,1-5H3,(H,28,33)/t17-/m1/s1. The number of carbonyl (C=O) groups excluding carboxylic acids is 2. The number of hydrogen-bond acceptors (Lipinski definition) is 6. The first-order valence-corrected chi connectivity index (χ1v) is 11.5. The van der Waals surface area contributed by atoms with Crippen molar-refractivity contribution >= 4 is 28.6 Å². The van der Waals surface area contributed by atoms with Crippen molar-refractivity contribution in [1.82, 2.24) is 18.9 Å². The van der Waals surface area contributed by atoms with E-state index in [1.54, 1.807) is 59.6 Å². The molecular formula is C26H27N5O5. The zero-order valence-corrected chi connectivity index (χ0v) is 20.7. The van der Waals surface area contributed by atoms with E-state index in [1.165, 1.54) is 17.8 Å². The van der Waals surface area contributed by atoms with Crippen LogP contribution in [0.5, 0.6) is 0 Å². The second-order valence-corrected chi connectivity index (χ2v) is 8.46. The summed E-state index contributed by atoms with van der Waals surface area (Å²) in [5, 5.41) is 2.86. The maximum absolute atomic E-state index is 13.0. The molecule has 0 aliphatic heterocycles. The summed E-state index contributed by atoms with van der Waals surface area (Å²) in [7, 11) is 1.71. The average Bonchev–Trinajstić information content (AvgIpc) is 3.07. The summed E-state index contributed by atoms with van der Waals surface area (Å²) >= 11 is 0. The number of carbonyl (C=O) groups is 2. The van der Waals surface area contributed by atoms with Gasteiger partial charge in [0.05, 0.1) is 16.8 Å². The highest BCUT2D eigenvalue weighted by atomic mass is 16.5. The number of ether oxygens (including phenoxy) is 1. The summed E-state index contributed by atoms with van der Waals surface area (Å²) in [4.78, 5) is 56.1. The van der Waals surface area contributed by atoms with Crippen LogP contribution in [0.1, 0.15) is 35.6 Å². The van der Waals surface area contributed by atoms with Crippen LogP contribution in [0.4, 0.5) is 5.69 Å². The van der Waals surface area contributed by atoms with Gasteiger partial charge in [0, 0.05) is 25.5 Å². The monoisotopic (exact) mass is 489 g/mol. The molecule has 3 heterocycles. The Kier molecular flexibility index (Phi) is 6.61. The molecule has 0 spiro atoms. The van der Waals surface area contributed by atoms with Gasteiger partial charge in [0.25, 0.3) is 11.5 Å². The molecule has 1 aromatic carbocycles. The van der Waals surface area contributed by atoms with Crippen LogP contribution in [0, 0.1) is 13.8 Å². The van der Waals surface area contributed by atoms with E-state index in [-0.39, 0.29) is 16.6 Å². The van der Waals surface area contributed by atoms with Gasteiger partial charge in [0.15, 0.2) is 6.10 Å². The number of nitrogens with zero attached hydrogens (tertiary/aromatic N) is 4. The van der Waals surface area contributed by atoms with Crippen LogP contribution in [0.2, 0.25) is 0 Å². The number of aryl methyl sites for hydroxylation is 2. The highest BCUT2D eigenvalue weighted by Gasteiger charge is 2.25. The second-order valence-electron chi connectivity index (χ2n) is 8.46. The minimum Gasteiger partial charge on any atom is -0.449 e. The SMILES string of the molecule is CCn1cc(C(=O)O[C@H](C)C(=O)Nc2c(C)n(C)n(-c3ccccc3)c2=O)c(=O)c2ccc(C)nc21. The predicted molar refractivity (Wildman–Crippen MR) is 136 cm³/mol. The lowest BCUT2D eigenvalue weighted by Crippen LogP contribution is -2.33. The van der Waals surface area contributed by atoms with Crippen molar-refractivity contribution in [2.75, 3.05) is 5.32 Å². The Bertz CT molecular complexity index is 1600. The zero-order valence-electron chi connectivity index (χ0n) is 20.7. The van der Waals surface area contributed by atoms with Gasteiger partial charge in [-0.05, 0) is 52.0 Å². The Morgan fingerprint density at radius 1 is 1.08 bits per heavy atom. The van der Waals surface area contributed by atoms with E-state index >= 15 is 0 Å². The molecule has 0 saturated carbocycles. The number of para-hydroxylation sites is 1. The van der Waals surface area contributed by atoms with E-state index in [2.05, 4.69) is 10.3 Å². The molecule has 3 aromatic heterocycles. The minimum absolute atomic E-state index is 0.0785. The molecule has 4 rings (SSSR count). The maximum atomic E-state index is 13.0. The fourth-order valence-electron chi connectivity index (χ4n) is 3.96. The lowest BCUT2D eigenvalue weighted by molar-refractivity contribution is -0.123. The van der Waals surface area contributed by atoms with Crippen LogP contribution in [0.15, 0.2) is 58.3 Å². The number of pyridine rings is 2. The van der Waals surface area contributed by atoms with Crippen LogP contribution < -0.4 is 16.3 Å². The van der Waals surface area contributed by atoms with Crippen molar-refractivity contribution in [2.45, 2.75) is 40.3 Å². The molecular weight excluding hydrogens is 462 g/mol. The van der Waals surface area contributed by atoms with E-state index in [0.717, 1.165) is 5.69 Å². The summed E-state index contributed by atoms with van der Waals surface area (Å²) in [6.07, 6.45) is 0.132. The summed E-state index contributed by atoms with van der Waals surface area (Å²) in [6.45, 7) is 7.24. The summed E-state index contributed by atoms with van der Waals surface area (Å²) in [5.41, 5.74) is 1.32. The molecule has 1 amide bonds. The molecule has 0 aliphatic rings. The van der Waals surface area contributed by atoms with Gasteiger partial charge in [-0.2, -0.15) is 0 Å². The van der Waals surface area contributed by atoms with E-state index < -0.39 is 29.0 Å². The Morgan fingerprint density at radius 3 is 2.44 bits per heavy atom. The van der Waals surface area contributed by atoms with Gasteiger partial charge < -0.3 is 14.6 Å². The fourth-order valence-corrected chi connectivity index (χ4v) is 3.96. The van der Waals surface area contributed by atoms with Crippen LogP contribution in [0.3, 0.4) is 0 Å². The van der Waals surface area contributed by atoms with Gasteiger partial charge in [-0.15, -0.1) is 0 Å². The van der Waals surface area contributed by atoms with Crippen LogP contribution in [-0.4, -0.2) is 36.9 Å². The lowest BCUT2D eigenvalue weighted by Gasteiger charge is -2.14. The van der Waals surface area contributed by atoms with Gasteiger partial charge in [-0.3, -0.25) is 19.1 Å². The van der Waals surface area contributed by atoms with Crippen molar-refractivity contribution in [1.29, 1.82) is 0 Å². The number of esters is 1. The minimum atomic E-state index is -1.26. The second kappa shape index (κ2) is 9.65. The Labute approximate surface area is 206 Å². The van der Waals surface area contributed by atoms with Crippen molar-refractivity contribution in [3.63, 3.8) is 0 Å². The van der Waals surface area contributed by atoms with Crippen molar-refractivity contribution in [3.8, 4) is 5.69 Å². The molecule has 1 N–H and O–H groups in total. The van der Waals surface area contributed by atoms with Crippen molar-refractivity contribution < 1.29 is 14.3 Å². The van der Waals surface area contributed by atoms with Crippen molar-refractivity contribution in [2.24, 2.45) is 7.05 Å². The van der Waals surface area contributed by atoms with Crippen molar-refractivity contribution in [3.05, 3.63) is 86.2 Å². The molecule has 0 bridgehead atoms. The molecule has 186 valence electrons. The number of nitrogens with one attached hydrogen (secondary N) is 1. The average molecular weight is 490 g/mol. The van der Waals surface area contributed by atoms with E-state index in [4.69, 9.17) is 4.74 Å². The summed E-state index contributed by atoms with van der Waals surface area (Å²) in [6, 6.07) is 12.3. The molecule has 0 fully saturated rings.